The summed E-state index contributed by atoms with van der Waals surface area (Å²) in [5.41, 5.74) is 0.0565. The smallest absolute Gasteiger partial charge is 0.319 e. The molecule has 0 spiro atoms. The molecule has 0 amide bonds. The molecule has 0 bridgehead atoms. The highest BCUT2D eigenvalue weighted by Gasteiger charge is 2.40. The Bertz CT molecular complexity index is 785. The minimum atomic E-state index is -1.83. The minimum absolute atomic E-state index is 0.0282. The van der Waals surface area contributed by atoms with Crippen molar-refractivity contribution >= 4 is 46.7 Å². The molecule has 2 aromatic carbocycles. The molecule has 8 heteroatoms. The van der Waals surface area contributed by atoms with Crippen LogP contribution in [0, 0.1) is 0 Å². The maximum Gasteiger partial charge on any atom is 0.319 e. The van der Waals surface area contributed by atoms with Gasteiger partial charge in [-0.1, -0.05) is 47.5 Å². The summed E-state index contributed by atoms with van der Waals surface area (Å²) in [7, 11) is 0. The molecule has 2 rings (SSSR count). The Morgan fingerprint density at radius 3 is 1.12 bits per heavy atom. The monoisotopic (exact) mass is 394 g/mol. The molecular formula is C18H12Cl2O6. The summed E-state index contributed by atoms with van der Waals surface area (Å²) in [6.45, 7) is 0. The molecule has 0 fully saturated rings. The molecule has 0 aliphatic rings. The van der Waals surface area contributed by atoms with E-state index in [9.17, 15) is 29.4 Å². The third-order valence-electron chi connectivity index (χ3n) is 3.67. The van der Waals surface area contributed by atoms with Crippen molar-refractivity contribution in [2.45, 2.75) is 11.8 Å². The Labute approximate surface area is 158 Å². The van der Waals surface area contributed by atoms with E-state index in [1.54, 1.807) is 0 Å². The summed E-state index contributed by atoms with van der Waals surface area (Å²) >= 11 is 11.5. The predicted octanol–water partition coefficient (Wildman–Crippen LogP) is 3.17. The number of aliphatic carboxylic acids is 2. The number of benzene rings is 2. The number of hydrogen-bond acceptors (Lipinski definition) is 4. The van der Waals surface area contributed by atoms with Crippen molar-refractivity contribution in [1.82, 2.24) is 0 Å². The minimum Gasteiger partial charge on any atom is -0.480 e. The van der Waals surface area contributed by atoms with Gasteiger partial charge < -0.3 is 10.2 Å². The number of carboxylic acids is 2. The first-order valence-electron chi connectivity index (χ1n) is 7.27. The second kappa shape index (κ2) is 8.12. The van der Waals surface area contributed by atoms with E-state index in [1.807, 2.05) is 0 Å². The lowest BCUT2D eigenvalue weighted by molar-refractivity contribution is -0.151. The zero-order valence-electron chi connectivity index (χ0n) is 13.1. The predicted molar refractivity (Wildman–Crippen MR) is 93.7 cm³/mol. The number of hydrogen-bond donors (Lipinski definition) is 2. The van der Waals surface area contributed by atoms with Gasteiger partial charge in [-0.3, -0.25) is 19.2 Å². The number of carbonyl (C=O) groups excluding carboxylic acids is 2. The van der Waals surface area contributed by atoms with Gasteiger partial charge in [-0.25, -0.2) is 0 Å². The fraction of sp³-hybridized carbons (Fsp3) is 0.111. The van der Waals surface area contributed by atoms with Crippen LogP contribution in [-0.2, 0) is 19.2 Å². The molecule has 134 valence electrons. The van der Waals surface area contributed by atoms with Crippen LogP contribution in [-0.4, -0.2) is 33.7 Å². The number of rotatable bonds is 7. The van der Waals surface area contributed by atoms with Gasteiger partial charge in [0.15, 0.2) is 0 Å². The summed E-state index contributed by atoms with van der Waals surface area (Å²) in [5, 5.41) is 19.4. The van der Waals surface area contributed by atoms with Crippen molar-refractivity contribution in [2.75, 3.05) is 0 Å². The first kappa shape index (κ1) is 19.6. The Kier molecular flexibility index (Phi) is 6.13. The van der Waals surface area contributed by atoms with Gasteiger partial charge in [-0.15, -0.1) is 0 Å². The SMILES string of the molecule is O=C(O)C(C(=O)C(=O)C(C(=O)O)c1ccc(Cl)cc1)c1ccc(Cl)cc1. The van der Waals surface area contributed by atoms with E-state index in [4.69, 9.17) is 23.2 Å². The highest BCUT2D eigenvalue weighted by atomic mass is 35.5. The van der Waals surface area contributed by atoms with Crippen molar-refractivity contribution in [2.24, 2.45) is 0 Å². The van der Waals surface area contributed by atoms with Crippen molar-refractivity contribution in [3.63, 3.8) is 0 Å². The summed E-state index contributed by atoms with van der Waals surface area (Å²) in [6, 6.07) is 10.7. The van der Waals surface area contributed by atoms with Gasteiger partial charge in [0.2, 0.25) is 11.6 Å². The van der Waals surface area contributed by atoms with Crippen LogP contribution in [0.15, 0.2) is 48.5 Å². The summed E-state index contributed by atoms with van der Waals surface area (Å²) < 4.78 is 0. The number of carboxylic acid groups (broad SMARTS) is 2. The third-order valence-corrected chi connectivity index (χ3v) is 4.17. The van der Waals surface area contributed by atoms with Gasteiger partial charge >= 0.3 is 11.9 Å². The molecular weight excluding hydrogens is 383 g/mol. The van der Waals surface area contributed by atoms with E-state index in [0.717, 1.165) is 0 Å². The van der Waals surface area contributed by atoms with Crippen LogP contribution in [0.5, 0.6) is 0 Å². The quantitative estimate of drug-likeness (QED) is 0.551. The molecule has 2 unspecified atom stereocenters. The Morgan fingerprint density at radius 2 is 0.885 bits per heavy atom. The highest BCUT2D eigenvalue weighted by Crippen LogP contribution is 2.26. The largest absolute Gasteiger partial charge is 0.480 e. The molecule has 0 aromatic heterocycles. The van der Waals surface area contributed by atoms with Gasteiger partial charge in [-0.05, 0) is 35.4 Å². The van der Waals surface area contributed by atoms with Crippen molar-refractivity contribution in [1.29, 1.82) is 0 Å². The molecule has 6 nitrogen and oxygen atoms in total. The second-order valence-corrected chi connectivity index (χ2v) is 6.25. The molecule has 0 radical (unpaired) electrons. The Balaban J connectivity index is 2.41. The first-order chi connectivity index (χ1) is 12.2. The fourth-order valence-electron chi connectivity index (χ4n) is 2.41. The van der Waals surface area contributed by atoms with Crippen molar-refractivity contribution < 1.29 is 29.4 Å². The van der Waals surface area contributed by atoms with E-state index >= 15 is 0 Å². The van der Waals surface area contributed by atoms with E-state index in [-0.39, 0.29) is 11.1 Å². The number of halogens is 2. The molecule has 0 saturated heterocycles. The lowest BCUT2D eigenvalue weighted by Crippen LogP contribution is -2.34. The average molecular weight is 395 g/mol. The van der Waals surface area contributed by atoms with Crippen LogP contribution in [0.1, 0.15) is 23.0 Å². The van der Waals surface area contributed by atoms with E-state index in [2.05, 4.69) is 0 Å². The summed E-state index contributed by atoms with van der Waals surface area (Å²) in [4.78, 5) is 48.1. The molecule has 26 heavy (non-hydrogen) atoms. The number of ketones is 2. The highest BCUT2D eigenvalue weighted by molar-refractivity contribution is 6.47. The Hall–Kier alpha value is -2.70. The van der Waals surface area contributed by atoms with Crippen LogP contribution in [0.25, 0.3) is 0 Å². The maximum absolute atomic E-state index is 12.5. The summed E-state index contributed by atoms with van der Waals surface area (Å²) in [6.07, 6.45) is 0. The van der Waals surface area contributed by atoms with Crippen LogP contribution >= 0.6 is 23.2 Å². The fourth-order valence-corrected chi connectivity index (χ4v) is 2.66. The lowest BCUT2D eigenvalue weighted by Gasteiger charge is -2.15. The van der Waals surface area contributed by atoms with Gasteiger partial charge in [0.05, 0.1) is 0 Å². The van der Waals surface area contributed by atoms with Gasteiger partial charge in [0.1, 0.15) is 11.8 Å². The molecule has 2 N–H and O–H groups in total. The van der Waals surface area contributed by atoms with Crippen LogP contribution in [0.4, 0.5) is 0 Å². The number of Topliss-reactive ketones (excluding diaryl/α,β-unsaturated/α-hetero) is 2. The van der Waals surface area contributed by atoms with Gasteiger partial charge in [0, 0.05) is 10.0 Å². The van der Waals surface area contributed by atoms with E-state index in [1.165, 1.54) is 48.5 Å². The molecule has 2 atom stereocenters. The third kappa shape index (κ3) is 4.28. The van der Waals surface area contributed by atoms with Crippen molar-refractivity contribution in [3.05, 3.63) is 69.7 Å². The topological polar surface area (TPSA) is 109 Å². The average Bonchev–Trinajstić information content (AvgIpc) is 2.58. The van der Waals surface area contributed by atoms with Crippen molar-refractivity contribution in [3.8, 4) is 0 Å². The zero-order chi connectivity index (χ0) is 19.4. The zero-order valence-corrected chi connectivity index (χ0v) is 14.6. The molecule has 2 aromatic rings. The van der Waals surface area contributed by atoms with Crippen LogP contribution < -0.4 is 0 Å². The lowest BCUT2D eigenvalue weighted by atomic mass is 9.85. The first-order valence-corrected chi connectivity index (χ1v) is 8.02. The van der Waals surface area contributed by atoms with Crippen LogP contribution in [0.3, 0.4) is 0 Å². The molecule has 0 saturated carbocycles. The molecule has 0 heterocycles. The number of carbonyl (C=O) groups is 4. The second-order valence-electron chi connectivity index (χ2n) is 5.37. The van der Waals surface area contributed by atoms with E-state index in [0.29, 0.717) is 10.0 Å². The van der Waals surface area contributed by atoms with Crippen LogP contribution in [0.2, 0.25) is 10.0 Å². The summed E-state index contributed by atoms with van der Waals surface area (Å²) in [5.74, 6) is -9.44. The molecule has 0 aliphatic heterocycles. The standard InChI is InChI=1S/C18H12Cl2O6/c19-11-5-1-9(2-6-11)13(17(23)24)15(21)16(22)14(18(25)26)10-3-7-12(20)8-4-10/h1-8,13-14H,(H,23,24)(H,25,26). The van der Waals surface area contributed by atoms with E-state index < -0.39 is 35.3 Å². The van der Waals surface area contributed by atoms with Gasteiger partial charge in [-0.2, -0.15) is 0 Å². The normalized spacial score (nSPS) is 12.8. The Morgan fingerprint density at radius 1 is 0.615 bits per heavy atom. The maximum atomic E-state index is 12.5. The van der Waals surface area contributed by atoms with Gasteiger partial charge in [0.25, 0.3) is 0 Å². The molecule has 0 aliphatic carbocycles.